The molecule has 18 heavy (non-hydrogen) atoms. The van der Waals surface area contributed by atoms with E-state index in [0.29, 0.717) is 6.54 Å². The Morgan fingerprint density at radius 2 is 2.17 bits per heavy atom. The number of carbonyl (C=O) groups is 2. The second-order valence-corrected chi connectivity index (χ2v) is 5.35. The predicted molar refractivity (Wildman–Crippen MR) is 71.1 cm³/mol. The van der Waals surface area contributed by atoms with Crippen LogP contribution in [0.2, 0.25) is 0 Å². The van der Waals surface area contributed by atoms with Gasteiger partial charge < -0.3 is 10.0 Å². The summed E-state index contributed by atoms with van der Waals surface area (Å²) in [5.41, 5.74) is 2.01. The molecule has 0 radical (unpaired) electrons. The average Bonchev–Trinajstić information content (AvgIpc) is 2.35. The van der Waals surface area contributed by atoms with Gasteiger partial charge in [-0.2, -0.15) is 0 Å². The van der Waals surface area contributed by atoms with Gasteiger partial charge in [0.2, 0.25) is 5.91 Å². The summed E-state index contributed by atoms with van der Waals surface area (Å²) < 4.78 is 0. The van der Waals surface area contributed by atoms with Crippen molar-refractivity contribution in [2.24, 2.45) is 0 Å². The van der Waals surface area contributed by atoms with E-state index in [1.807, 2.05) is 25.1 Å². The zero-order valence-corrected chi connectivity index (χ0v) is 11.0. The number of hydrogen-bond donors (Lipinski definition) is 1. The first-order chi connectivity index (χ1) is 8.59. The number of aryl methyl sites for hydroxylation is 1. The van der Waals surface area contributed by atoms with E-state index < -0.39 is 5.97 Å². The first kappa shape index (κ1) is 13.0. The van der Waals surface area contributed by atoms with Gasteiger partial charge in [-0.1, -0.05) is 12.1 Å². The summed E-state index contributed by atoms with van der Waals surface area (Å²) in [6, 6.07) is 5.96. The van der Waals surface area contributed by atoms with Crippen LogP contribution >= 0.6 is 11.8 Å². The van der Waals surface area contributed by atoms with Gasteiger partial charge in [0.05, 0.1) is 12.1 Å². The molecule has 0 aliphatic carbocycles. The molecule has 0 saturated heterocycles. The van der Waals surface area contributed by atoms with Crippen LogP contribution in [-0.4, -0.2) is 29.3 Å². The van der Waals surface area contributed by atoms with Gasteiger partial charge in [-0.15, -0.1) is 11.8 Å². The number of thioether (sulfide) groups is 1. The Hall–Kier alpha value is -1.49. The largest absolute Gasteiger partial charge is 0.481 e. The predicted octanol–water partition coefficient (Wildman–Crippen LogP) is 2.30. The standard InChI is InChI=1S/C13H15NO3S/c1-9-3-2-4-10-13(9)14(7-8-18-10)11(15)5-6-12(16)17/h2-4H,5-8H2,1H3,(H,16,17). The second-order valence-electron chi connectivity index (χ2n) is 4.21. The summed E-state index contributed by atoms with van der Waals surface area (Å²) in [6.07, 6.45) is -0.0442. The Balaban J connectivity index is 2.21. The highest BCUT2D eigenvalue weighted by Gasteiger charge is 2.24. The van der Waals surface area contributed by atoms with E-state index in [-0.39, 0.29) is 18.7 Å². The van der Waals surface area contributed by atoms with Gasteiger partial charge in [0.15, 0.2) is 0 Å². The average molecular weight is 265 g/mol. The van der Waals surface area contributed by atoms with Crippen LogP contribution in [0.5, 0.6) is 0 Å². The fraction of sp³-hybridized carbons (Fsp3) is 0.385. The molecule has 2 rings (SSSR count). The van der Waals surface area contributed by atoms with Crippen molar-refractivity contribution >= 4 is 29.3 Å². The number of nitrogens with zero attached hydrogens (tertiary/aromatic N) is 1. The molecule has 1 aromatic carbocycles. The molecule has 5 heteroatoms. The molecular formula is C13H15NO3S. The van der Waals surface area contributed by atoms with Crippen molar-refractivity contribution in [1.29, 1.82) is 0 Å². The molecule has 0 bridgehead atoms. The first-order valence-corrected chi connectivity index (χ1v) is 6.82. The topological polar surface area (TPSA) is 57.6 Å². The van der Waals surface area contributed by atoms with Gasteiger partial charge in [-0.25, -0.2) is 0 Å². The Morgan fingerprint density at radius 1 is 1.39 bits per heavy atom. The smallest absolute Gasteiger partial charge is 0.303 e. The molecular weight excluding hydrogens is 250 g/mol. The number of aliphatic carboxylic acids is 1. The van der Waals surface area contributed by atoms with Crippen molar-refractivity contribution in [3.63, 3.8) is 0 Å². The Morgan fingerprint density at radius 3 is 2.89 bits per heavy atom. The highest BCUT2D eigenvalue weighted by Crippen LogP contribution is 2.37. The third-order valence-electron chi connectivity index (χ3n) is 2.90. The number of amides is 1. The number of carboxylic acids is 1. The van der Waals surface area contributed by atoms with Crippen molar-refractivity contribution in [3.8, 4) is 0 Å². The SMILES string of the molecule is Cc1cccc2c1N(C(=O)CCC(=O)O)CCS2. The van der Waals surface area contributed by atoms with Gasteiger partial charge in [0, 0.05) is 23.6 Å². The summed E-state index contributed by atoms with van der Waals surface area (Å²) >= 11 is 1.74. The van der Waals surface area contributed by atoms with E-state index in [2.05, 4.69) is 0 Å². The lowest BCUT2D eigenvalue weighted by molar-refractivity contribution is -0.138. The van der Waals surface area contributed by atoms with Crippen LogP contribution in [0.25, 0.3) is 0 Å². The Labute approximate surface area is 110 Å². The second kappa shape index (κ2) is 5.44. The molecule has 0 unspecified atom stereocenters. The van der Waals surface area contributed by atoms with E-state index in [4.69, 9.17) is 5.11 Å². The molecule has 1 aliphatic heterocycles. The fourth-order valence-electron chi connectivity index (χ4n) is 2.05. The number of fused-ring (bicyclic) bond motifs is 1. The van der Waals surface area contributed by atoms with Gasteiger partial charge in [0.1, 0.15) is 0 Å². The van der Waals surface area contributed by atoms with Crippen molar-refractivity contribution in [1.82, 2.24) is 0 Å². The summed E-state index contributed by atoms with van der Waals surface area (Å²) in [5, 5.41) is 8.64. The molecule has 1 aliphatic rings. The summed E-state index contributed by atoms with van der Waals surface area (Å²) in [6.45, 7) is 2.63. The molecule has 0 aromatic heterocycles. The van der Waals surface area contributed by atoms with E-state index >= 15 is 0 Å². The van der Waals surface area contributed by atoms with Crippen LogP contribution in [-0.2, 0) is 9.59 Å². The lowest BCUT2D eigenvalue weighted by atomic mass is 10.1. The molecule has 0 atom stereocenters. The molecule has 4 nitrogen and oxygen atoms in total. The monoisotopic (exact) mass is 265 g/mol. The number of para-hydroxylation sites is 1. The number of carbonyl (C=O) groups excluding carboxylic acids is 1. The molecule has 0 fully saturated rings. The summed E-state index contributed by atoms with van der Waals surface area (Å²) in [5.74, 6) is -0.178. The van der Waals surface area contributed by atoms with Crippen LogP contribution in [0, 0.1) is 6.92 Å². The van der Waals surface area contributed by atoms with Gasteiger partial charge in [-0.05, 0) is 18.6 Å². The Bertz CT molecular complexity index is 487. The maximum atomic E-state index is 12.1. The van der Waals surface area contributed by atoms with Crippen LogP contribution in [0.15, 0.2) is 23.1 Å². The molecule has 1 aromatic rings. The van der Waals surface area contributed by atoms with Crippen LogP contribution in [0.1, 0.15) is 18.4 Å². The normalized spacial score (nSPS) is 14.2. The number of benzene rings is 1. The number of anilines is 1. The lowest BCUT2D eigenvalue weighted by Crippen LogP contribution is -2.36. The minimum absolute atomic E-state index is 0.0633. The molecule has 0 saturated carbocycles. The van der Waals surface area contributed by atoms with Gasteiger partial charge in [-0.3, -0.25) is 9.59 Å². The zero-order chi connectivity index (χ0) is 13.1. The van der Waals surface area contributed by atoms with Crippen molar-refractivity contribution in [2.75, 3.05) is 17.2 Å². The number of rotatable bonds is 3. The molecule has 96 valence electrons. The zero-order valence-electron chi connectivity index (χ0n) is 10.2. The maximum absolute atomic E-state index is 12.1. The van der Waals surface area contributed by atoms with Gasteiger partial charge >= 0.3 is 5.97 Å². The first-order valence-electron chi connectivity index (χ1n) is 5.84. The third kappa shape index (κ3) is 2.67. The Kier molecular flexibility index (Phi) is 3.91. The lowest BCUT2D eigenvalue weighted by Gasteiger charge is -2.30. The van der Waals surface area contributed by atoms with Crippen molar-refractivity contribution in [3.05, 3.63) is 23.8 Å². The molecule has 1 N–H and O–H groups in total. The number of carboxylic acid groups (broad SMARTS) is 1. The number of hydrogen-bond acceptors (Lipinski definition) is 3. The third-order valence-corrected chi connectivity index (χ3v) is 3.92. The summed E-state index contributed by atoms with van der Waals surface area (Å²) in [7, 11) is 0. The summed E-state index contributed by atoms with van der Waals surface area (Å²) in [4.78, 5) is 25.4. The van der Waals surface area contributed by atoms with Crippen LogP contribution < -0.4 is 4.90 Å². The van der Waals surface area contributed by atoms with E-state index in [1.54, 1.807) is 16.7 Å². The van der Waals surface area contributed by atoms with E-state index in [0.717, 1.165) is 21.9 Å². The van der Waals surface area contributed by atoms with E-state index in [9.17, 15) is 9.59 Å². The minimum atomic E-state index is -0.931. The van der Waals surface area contributed by atoms with E-state index in [1.165, 1.54) is 0 Å². The molecule has 1 amide bonds. The van der Waals surface area contributed by atoms with Crippen LogP contribution in [0.3, 0.4) is 0 Å². The van der Waals surface area contributed by atoms with Gasteiger partial charge in [0.25, 0.3) is 0 Å². The maximum Gasteiger partial charge on any atom is 0.303 e. The highest BCUT2D eigenvalue weighted by molar-refractivity contribution is 7.99. The highest BCUT2D eigenvalue weighted by atomic mass is 32.2. The molecule has 0 spiro atoms. The molecule has 1 heterocycles. The van der Waals surface area contributed by atoms with Crippen LogP contribution in [0.4, 0.5) is 5.69 Å². The van der Waals surface area contributed by atoms with Crippen molar-refractivity contribution < 1.29 is 14.7 Å². The fourth-order valence-corrected chi connectivity index (χ4v) is 3.13. The van der Waals surface area contributed by atoms with Crippen molar-refractivity contribution in [2.45, 2.75) is 24.7 Å². The quantitative estimate of drug-likeness (QED) is 0.911. The minimum Gasteiger partial charge on any atom is -0.481 e.